The summed E-state index contributed by atoms with van der Waals surface area (Å²) in [6.45, 7) is 6.75. The molecule has 1 aliphatic carbocycles. The van der Waals surface area contributed by atoms with E-state index in [1.807, 2.05) is 0 Å². The van der Waals surface area contributed by atoms with Crippen LogP contribution in [0.3, 0.4) is 0 Å². The van der Waals surface area contributed by atoms with Crippen LogP contribution in [0.5, 0.6) is 0 Å². The maximum absolute atomic E-state index is 6.25. The van der Waals surface area contributed by atoms with Crippen molar-refractivity contribution < 1.29 is 0 Å². The lowest BCUT2D eigenvalue weighted by molar-refractivity contribution is 0.588. The van der Waals surface area contributed by atoms with Gasteiger partial charge in [-0.15, -0.1) is 0 Å². The largest absolute Gasteiger partial charge is 0.0840 e. The minimum Gasteiger partial charge on any atom is -0.0840 e. The quantitative estimate of drug-likeness (QED) is 0.694. The molecule has 1 aromatic carbocycles. The van der Waals surface area contributed by atoms with E-state index in [1.165, 1.54) is 30.4 Å². The molecule has 0 N–H and O–H groups in total. The summed E-state index contributed by atoms with van der Waals surface area (Å²) in [6.07, 6.45) is 5.31. The minimum atomic E-state index is 0.221. The van der Waals surface area contributed by atoms with Gasteiger partial charge in [0.1, 0.15) is 0 Å². The third kappa shape index (κ3) is 3.01. The van der Waals surface area contributed by atoms with Gasteiger partial charge in [0.2, 0.25) is 0 Å². The van der Waals surface area contributed by atoms with Crippen LogP contribution in [0.4, 0.5) is 0 Å². The lowest BCUT2D eigenvalue weighted by atomic mass is 9.85. The van der Waals surface area contributed by atoms with E-state index in [1.54, 1.807) is 0 Å². The number of aryl methyl sites for hydroxylation is 1. The van der Waals surface area contributed by atoms with Crippen molar-refractivity contribution in [3.63, 3.8) is 0 Å². The highest BCUT2D eigenvalue weighted by Gasteiger charge is 2.21. The van der Waals surface area contributed by atoms with Crippen molar-refractivity contribution in [2.45, 2.75) is 51.9 Å². The van der Waals surface area contributed by atoms with Gasteiger partial charge in [0.05, 0.1) is 0 Å². The molecular formula is C15H21Cl. The summed E-state index contributed by atoms with van der Waals surface area (Å²) in [5, 5.41) is 0.939. The first-order chi connectivity index (χ1) is 7.47. The fourth-order valence-electron chi connectivity index (χ4n) is 2.00. The van der Waals surface area contributed by atoms with E-state index in [-0.39, 0.29) is 5.41 Å². The van der Waals surface area contributed by atoms with Crippen molar-refractivity contribution in [1.82, 2.24) is 0 Å². The minimum absolute atomic E-state index is 0.221. The Morgan fingerprint density at radius 2 is 1.94 bits per heavy atom. The molecule has 0 nitrogen and oxygen atoms in total. The van der Waals surface area contributed by atoms with Crippen molar-refractivity contribution in [3.8, 4) is 0 Å². The highest BCUT2D eigenvalue weighted by Crippen LogP contribution is 2.35. The standard InChI is InChI=1S/C15H21Cl/c1-15(2,3)13-8-9-14(16)12(10-13)7-6-11-4-5-11/h8-11H,4-7H2,1-3H3. The first kappa shape index (κ1) is 12.0. The summed E-state index contributed by atoms with van der Waals surface area (Å²) in [4.78, 5) is 0. The summed E-state index contributed by atoms with van der Waals surface area (Å²) in [7, 11) is 0. The van der Waals surface area contributed by atoms with E-state index in [0.717, 1.165) is 17.4 Å². The van der Waals surface area contributed by atoms with Gasteiger partial charge in [-0.2, -0.15) is 0 Å². The van der Waals surface area contributed by atoms with Gasteiger partial charge in [0.15, 0.2) is 0 Å². The average Bonchev–Trinajstić information content (AvgIpc) is 2.98. The van der Waals surface area contributed by atoms with Gasteiger partial charge >= 0.3 is 0 Å². The molecular weight excluding hydrogens is 216 g/mol. The molecule has 0 unspecified atom stereocenters. The van der Waals surface area contributed by atoms with Crippen molar-refractivity contribution in [2.75, 3.05) is 0 Å². The molecule has 1 fully saturated rings. The third-order valence-corrected chi connectivity index (χ3v) is 3.80. The first-order valence-electron chi connectivity index (χ1n) is 6.26. The predicted octanol–water partition coefficient (Wildman–Crippen LogP) is 4.98. The van der Waals surface area contributed by atoms with Crippen molar-refractivity contribution in [2.24, 2.45) is 5.92 Å². The Morgan fingerprint density at radius 3 is 2.50 bits per heavy atom. The van der Waals surface area contributed by atoms with Gasteiger partial charge in [0.25, 0.3) is 0 Å². The third-order valence-electron chi connectivity index (χ3n) is 3.43. The molecule has 1 aliphatic rings. The van der Waals surface area contributed by atoms with Crippen LogP contribution in [0.25, 0.3) is 0 Å². The zero-order valence-corrected chi connectivity index (χ0v) is 11.3. The Labute approximate surface area is 104 Å². The number of benzene rings is 1. The molecule has 88 valence electrons. The van der Waals surface area contributed by atoms with Gasteiger partial charge in [-0.3, -0.25) is 0 Å². The lowest BCUT2D eigenvalue weighted by Crippen LogP contribution is -2.11. The summed E-state index contributed by atoms with van der Waals surface area (Å²) >= 11 is 6.25. The van der Waals surface area contributed by atoms with Crippen LogP contribution in [-0.2, 0) is 11.8 Å². The van der Waals surface area contributed by atoms with E-state index in [2.05, 4.69) is 39.0 Å². The van der Waals surface area contributed by atoms with E-state index in [4.69, 9.17) is 11.6 Å². The van der Waals surface area contributed by atoms with E-state index in [9.17, 15) is 0 Å². The van der Waals surface area contributed by atoms with Crippen LogP contribution >= 0.6 is 11.6 Å². The van der Waals surface area contributed by atoms with E-state index >= 15 is 0 Å². The van der Waals surface area contributed by atoms with Crippen molar-refractivity contribution in [3.05, 3.63) is 34.3 Å². The Kier molecular flexibility index (Phi) is 3.30. The van der Waals surface area contributed by atoms with Crippen LogP contribution in [0.2, 0.25) is 5.02 Å². The fraction of sp³-hybridized carbons (Fsp3) is 0.600. The fourth-order valence-corrected chi connectivity index (χ4v) is 2.21. The Morgan fingerprint density at radius 1 is 1.25 bits per heavy atom. The molecule has 0 aliphatic heterocycles. The summed E-state index contributed by atoms with van der Waals surface area (Å²) in [6, 6.07) is 6.51. The molecule has 0 aromatic heterocycles. The smallest absolute Gasteiger partial charge is 0.0438 e. The Balaban J connectivity index is 2.14. The summed E-state index contributed by atoms with van der Waals surface area (Å²) < 4.78 is 0. The van der Waals surface area contributed by atoms with E-state index in [0.29, 0.717) is 0 Å². The Bertz CT molecular complexity index is 370. The number of hydrogen-bond acceptors (Lipinski definition) is 0. The highest BCUT2D eigenvalue weighted by molar-refractivity contribution is 6.31. The number of hydrogen-bond donors (Lipinski definition) is 0. The molecule has 0 amide bonds. The summed E-state index contributed by atoms with van der Waals surface area (Å²) in [5.41, 5.74) is 2.95. The molecule has 0 spiro atoms. The zero-order chi connectivity index (χ0) is 11.8. The maximum Gasteiger partial charge on any atom is 0.0438 e. The average molecular weight is 237 g/mol. The second-order valence-electron chi connectivity index (χ2n) is 6.04. The zero-order valence-electron chi connectivity index (χ0n) is 10.5. The van der Waals surface area contributed by atoms with Gasteiger partial charge in [-0.1, -0.05) is 57.3 Å². The number of rotatable bonds is 3. The van der Waals surface area contributed by atoms with Crippen LogP contribution in [0, 0.1) is 5.92 Å². The number of halogens is 1. The van der Waals surface area contributed by atoms with Crippen LogP contribution in [0.1, 0.15) is 51.2 Å². The molecule has 16 heavy (non-hydrogen) atoms. The second-order valence-corrected chi connectivity index (χ2v) is 6.45. The van der Waals surface area contributed by atoms with Gasteiger partial charge in [-0.05, 0) is 41.4 Å². The van der Waals surface area contributed by atoms with E-state index < -0.39 is 0 Å². The molecule has 1 saturated carbocycles. The highest BCUT2D eigenvalue weighted by atomic mass is 35.5. The van der Waals surface area contributed by atoms with Crippen molar-refractivity contribution >= 4 is 11.6 Å². The van der Waals surface area contributed by atoms with Crippen LogP contribution in [-0.4, -0.2) is 0 Å². The predicted molar refractivity (Wildman–Crippen MR) is 71.2 cm³/mol. The molecule has 1 aromatic rings. The Hall–Kier alpha value is -0.490. The van der Waals surface area contributed by atoms with Crippen LogP contribution < -0.4 is 0 Å². The van der Waals surface area contributed by atoms with Gasteiger partial charge in [-0.25, -0.2) is 0 Å². The van der Waals surface area contributed by atoms with Gasteiger partial charge < -0.3 is 0 Å². The second kappa shape index (κ2) is 4.41. The van der Waals surface area contributed by atoms with Crippen LogP contribution in [0.15, 0.2) is 18.2 Å². The summed E-state index contributed by atoms with van der Waals surface area (Å²) in [5.74, 6) is 0.981. The topological polar surface area (TPSA) is 0 Å². The molecule has 0 heterocycles. The normalized spacial score (nSPS) is 16.5. The SMILES string of the molecule is CC(C)(C)c1ccc(Cl)c(CCC2CC2)c1. The van der Waals surface area contributed by atoms with Gasteiger partial charge in [0, 0.05) is 5.02 Å². The van der Waals surface area contributed by atoms with Crippen molar-refractivity contribution in [1.29, 1.82) is 0 Å². The molecule has 0 atom stereocenters. The lowest BCUT2D eigenvalue weighted by Gasteiger charge is -2.20. The monoisotopic (exact) mass is 236 g/mol. The first-order valence-corrected chi connectivity index (χ1v) is 6.63. The maximum atomic E-state index is 6.25. The molecule has 0 bridgehead atoms. The molecule has 0 saturated heterocycles. The molecule has 2 rings (SSSR count). The molecule has 1 heteroatoms. The molecule has 0 radical (unpaired) electrons.